The fourth-order valence-electron chi connectivity index (χ4n) is 1.71. The fraction of sp³-hybridized carbons (Fsp3) is 0.333. The first-order valence-electron chi connectivity index (χ1n) is 5.68. The molecule has 5 heteroatoms. The molecule has 0 atom stereocenters. The predicted octanol–water partition coefficient (Wildman–Crippen LogP) is 2.24. The van der Waals surface area contributed by atoms with E-state index < -0.39 is 5.97 Å². The number of carbonyl (C=O) groups is 1. The molecule has 0 spiro atoms. The van der Waals surface area contributed by atoms with Crippen molar-refractivity contribution in [1.29, 1.82) is 0 Å². The SMILES string of the molecule is CCCCNc1nc2ccccn2c1C(=O)O. The van der Waals surface area contributed by atoms with Crippen LogP contribution < -0.4 is 5.32 Å². The Bertz CT molecular complexity index is 534. The molecule has 2 aromatic heterocycles. The highest BCUT2D eigenvalue weighted by atomic mass is 16.4. The zero-order valence-electron chi connectivity index (χ0n) is 9.68. The monoisotopic (exact) mass is 233 g/mol. The molecule has 0 saturated carbocycles. The van der Waals surface area contributed by atoms with Crippen LogP contribution in [0.25, 0.3) is 5.65 Å². The van der Waals surface area contributed by atoms with Crippen LogP contribution in [-0.2, 0) is 0 Å². The number of hydrogen-bond acceptors (Lipinski definition) is 3. The highest BCUT2D eigenvalue weighted by molar-refractivity contribution is 5.92. The second kappa shape index (κ2) is 4.86. The molecule has 2 aromatic rings. The lowest BCUT2D eigenvalue weighted by molar-refractivity contribution is 0.0690. The lowest BCUT2D eigenvalue weighted by atomic mass is 10.3. The number of carboxylic acid groups (broad SMARTS) is 1. The van der Waals surface area contributed by atoms with E-state index in [2.05, 4.69) is 17.2 Å². The Hall–Kier alpha value is -2.04. The van der Waals surface area contributed by atoms with Crippen LogP contribution in [0.3, 0.4) is 0 Å². The number of nitrogens with one attached hydrogen (secondary N) is 1. The number of fused-ring (bicyclic) bond motifs is 1. The predicted molar refractivity (Wildman–Crippen MR) is 65.5 cm³/mol. The molecule has 2 heterocycles. The molecular weight excluding hydrogens is 218 g/mol. The Kier molecular flexibility index (Phi) is 3.27. The van der Waals surface area contributed by atoms with Crippen molar-refractivity contribution in [2.75, 3.05) is 11.9 Å². The molecule has 0 amide bonds. The van der Waals surface area contributed by atoms with E-state index in [0.717, 1.165) is 19.4 Å². The summed E-state index contributed by atoms with van der Waals surface area (Å²) in [6.45, 7) is 2.82. The van der Waals surface area contributed by atoms with Crippen molar-refractivity contribution < 1.29 is 9.90 Å². The van der Waals surface area contributed by atoms with Gasteiger partial charge in [0.1, 0.15) is 5.65 Å². The highest BCUT2D eigenvalue weighted by Crippen LogP contribution is 2.17. The van der Waals surface area contributed by atoms with Gasteiger partial charge >= 0.3 is 5.97 Å². The summed E-state index contributed by atoms with van der Waals surface area (Å²) in [5.41, 5.74) is 0.834. The minimum atomic E-state index is -0.970. The standard InChI is InChI=1S/C12H15N3O2/c1-2-3-7-13-11-10(12(16)17)15-8-5-4-6-9(15)14-11/h4-6,8,13H,2-3,7H2,1H3,(H,16,17). The third-order valence-electron chi connectivity index (χ3n) is 2.56. The van der Waals surface area contributed by atoms with E-state index in [0.29, 0.717) is 11.5 Å². The van der Waals surface area contributed by atoms with Crippen LogP contribution in [-0.4, -0.2) is 27.0 Å². The van der Waals surface area contributed by atoms with Crippen molar-refractivity contribution in [2.24, 2.45) is 0 Å². The molecule has 0 radical (unpaired) electrons. The number of carboxylic acids is 1. The van der Waals surface area contributed by atoms with Crippen LogP contribution in [0.2, 0.25) is 0 Å². The topological polar surface area (TPSA) is 66.6 Å². The lowest BCUT2D eigenvalue weighted by Crippen LogP contribution is -2.08. The number of pyridine rings is 1. The zero-order valence-corrected chi connectivity index (χ0v) is 9.68. The summed E-state index contributed by atoms with van der Waals surface area (Å²) in [4.78, 5) is 15.5. The number of imidazole rings is 1. The summed E-state index contributed by atoms with van der Waals surface area (Å²) in [5, 5.41) is 12.3. The van der Waals surface area contributed by atoms with Gasteiger partial charge in [0, 0.05) is 12.7 Å². The normalized spacial score (nSPS) is 10.6. The molecule has 2 rings (SSSR count). The van der Waals surface area contributed by atoms with Crippen LogP contribution in [0.4, 0.5) is 5.82 Å². The van der Waals surface area contributed by atoms with Gasteiger partial charge in [-0.25, -0.2) is 9.78 Å². The second-order valence-electron chi connectivity index (χ2n) is 3.82. The second-order valence-corrected chi connectivity index (χ2v) is 3.82. The number of unbranched alkanes of at least 4 members (excludes halogenated alkanes) is 1. The van der Waals surface area contributed by atoms with Gasteiger partial charge in [-0.1, -0.05) is 19.4 Å². The number of aromatic nitrogens is 2. The van der Waals surface area contributed by atoms with Gasteiger partial charge < -0.3 is 10.4 Å². The maximum atomic E-state index is 11.2. The van der Waals surface area contributed by atoms with Gasteiger partial charge in [0.2, 0.25) is 0 Å². The van der Waals surface area contributed by atoms with Gasteiger partial charge in [0.15, 0.2) is 11.5 Å². The third-order valence-corrected chi connectivity index (χ3v) is 2.56. The first-order chi connectivity index (χ1) is 8.24. The summed E-state index contributed by atoms with van der Waals surface area (Å²) >= 11 is 0. The number of anilines is 1. The van der Waals surface area contributed by atoms with E-state index in [-0.39, 0.29) is 5.69 Å². The molecule has 0 aromatic carbocycles. The van der Waals surface area contributed by atoms with Crippen LogP contribution in [0, 0.1) is 0 Å². The van der Waals surface area contributed by atoms with E-state index >= 15 is 0 Å². The Morgan fingerprint density at radius 1 is 1.53 bits per heavy atom. The Morgan fingerprint density at radius 2 is 2.35 bits per heavy atom. The molecule has 2 N–H and O–H groups in total. The summed E-state index contributed by atoms with van der Waals surface area (Å²) in [6.07, 6.45) is 3.76. The van der Waals surface area contributed by atoms with Gasteiger partial charge in [0.05, 0.1) is 0 Å². The van der Waals surface area contributed by atoms with Crippen molar-refractivity contribution in [3.63, 3.8) is 0 Å². The Morgan fingerprint density at radius 3 is 3.06 bits per heavy atom. The summed E-state index contributed by atoms with van der Waals surface area (Å²) < 4.78 is 1.58. The summed E-state index contributed by atoms with van der Waals surface area (Å²) in [6, 6.07) is 5.41. The first kappa shape index (κ1) is 11.4. The van der Waals surface area contributed by atoms with Crippen LogP contribution >= 0.6 is 0 Å². The summed E-state index contributed by atoms with van der Waals surface area (Å²) in [5.74, 6) is -0.528. The van der Waals surface area contributed by atoms with Crippen LogP contribution in [0.15, 0.2) is 24.4 Å². The van der Waals surface area contributed by atoms with Crippen molar-refractivity contribution in [2.45, 2.75) is 19.8 Å². The van der Waals surface area contributed by atoms with E-state index in [4.69, 9.17) is 0 Å². The number of rotatable bonds is 5. The molecule has 5 nitrogen and oxygen atoms in total. The van der Waals surface area contributed by atoms with Gasteiger partial charge in [-0.05, 0) is 18.6 Å². The number of aromatic carboxylic acids is 1. The van der Waals surface area contributed by atoms with E-state index in [1.807, 2.05) is 6.07 Å². The molecule has 0 aliphatic heterocycles. The summed E-state index contributed by atoms with van der Waals surface area (Å²) in [7, 11) is 0. The van der Waals surface area contributed by atoms with Gasteiger partial charge in [-0.15, -0.1) is 0 Å². The molecule has 17 heavy (non-hydrogen) atoms. The highest BCUT2D eigenvalue weighted by Gasteiger charge is 2.17. The largest absolute Gasteiger partial charge is 0.476 e. The molecular formula is C12H15N3O2. The van der Waals surface area contributed by atoms with E-state index in [1.165, 1.54) is 0 Å². The van der Waals surface area contributed by atoms with Crippen molar-refractivity contribution >= 4 is 17.4 Å². The van der Waals surface area contributed by atoms with E-state index in [9.17, 15) is 9.90 Å². The van der Waals surface area contributed by atoms with Crippen molar-refractivity contribution in [3.8, 4) is 0 Å². The molecule has 0 unspecified atom stereocenters. The molecule has 0 saturated heterocycles. The quantitative estimate of drug-likeness (QED) is 0.777. The number of hydrogen-bond donors (Lipinski definition) is 2. The first-order valence-corrected chi connectivity index (χ1v) is 5.68. The van der Waals surface area contributed by atoms with Crippen molar-refractivity contribution in [1.82, 2.24) is 9.38 Å². The Balaban J connectivity index is 2.39. The molecule has 90 valence electrons. The minimum absolute atomic E-state index is 0.191. The average Bonchev–Trinajstić information content (AvgIpc) is 2.67. The maximum absolute atomic E-state index is 11.2. The van der Waals surface area contributed by atoms with Gasteiger partial charge in [-0.2, -0.15) is 0 Å². The van der Waals surface area contributed by atoms with Crippen LogP contribution in [0.1, 0.15) is 30.3 Å². The Labute approximate surface area is 99.1 Å². The van der Waals surface area contributed by atoms with E-state index in [1.54, 1.807) is 22.7 Å². The third kappa shape index (κ3) is 2.22. The fourth-order valence-corrected chi connectivity index (χ4v) is 1.71. The minimum Gasteiger partial charge on any atom is -0.476 e. The zero-order chi connectivity index (χ0) is 12.3. The number of nitrogens with zero attached hydrogens (tertiary/aromatic N) is 2. The van der Waals surface area contributed by atoms with Crippen LogP contribution in [0.5, 0.6) is 0 Å². The lowest BCUT2D eigenvalue weighted by Gasteiger charge is -2.02. The molecule has 0 fully saturated rings. The molecule has 0 aliphatic rings. The van der Waals surface area contributed by atoms with Gasteiger partial charge in [-0.3, -0.25) is 4.40 Å². The maximum Gasteiger partial charge on any atom is 0.356 e. The van der Waals surface area contributed by atoms with Crippen molar-refractivity contribution in [3.05, 3.63) is 30.1 Å². The smallest absolute Gasteiger partial charge is 0.356 e. The molecule has 0 bridgehead atoms. The molecule has 0 aliphatic carbocycles. The average molecular weight is 233 g/mol. The van der Waals surface area contributed by atoms with Gasteiger partial charge in [0.25, 0.3) is 0 Å².